The molecule has 0 rings (SSSR count). The van der Waals surface area contributed by atoms with Crippen molar-refractivity contribution < 1.29 is 28.6 Å². The highest BCUT2D eigenvalue weighted by Gasteiger charge is 2.19. The highest BCUT2D eigenvalue weighted by Crippen LogP contribution is 2.16. The number of ether oxygens (including phenoxy) is 3. The van der Waals surface area contributed by atoms with Crippen LogP contribution in [0.25, 0.3) is 0 Å². The van der Waals surface area contributed by atoms with Crippen LogP contribution in [0.3, 0.4) is 0 Å². The van der Waals surface area contributed by atoms with E-state index in [1.807, 2.05) is 0 Å². The summed E-state index contributed by atoms with van der Waals surface area (Å²) in [7, 11) is 0. The normalized spacial score (nSPS) is 12.4. The van der Waals surface area contributed by atoms with Crippen LogP contribution in [0.5, 0.6) is 0 Å². The van der Waals surface area contributed by atoms with Gasteiger partial charge in [0, 0.05) is 19.3 Å². The van der Waals surface area contributed by atoms with E-state index in [0.717, 1.165) is 83.5 Å². The number of hydrogen-bond donors (Lipinski definition) is 0. The Bertz CT molecular complexity index is 1090. The Balaban J connectivity index is 4.39. The average Bonchev–Trinajstić information content (AvgIpc) is 3.27. The summed E-state index contributed by atoms with van der Waals surface area (Å²) in [5, 5.41) is 0. The van der Waals surface area contributed by atoms with Gasteiger partial charge in [-0.1, -0.05) is 223 Å². The van der Waals surface area contributed by atoms with Crippen LogP contribution >= 0.6 is 0 Å². The molecular weight excluding hydrogens is 769 g/mol. The molecule has 0 aromatic heterocycles. The topological polar surface area (TPSA) is 78.9 Å². The first-order chi connectivity index (χ1) is 30.5. The molecule has 0 bridgehead atoms. The zero-order chi connectivity index (χ0) is 45.1. The standard InChI is InChI=1S/C56H100O6/c1-4-7-10-13-16-19-22-25-27-29-31-34-37-40-43-46-49-55(58)61-52-53(51-60-54(57)48-45-42-39-36-33-24-21-18-15-12-9-6-3)62-56(59)50-47-44-41-38-35-32-30-28-26-23-20-17-14-11-8-5-2/h9,12,18,21,27,29,33,36,53H,4-8,10-11,13-17,19-20,22-26,28,30-32,34-35,37-52H2,1-3H3/b12-9-,21-18-,29-27-,36-33-. The third-order valence-electron chi connectivity index (χ3n) is 11.6. The van der Waals surface area contributed by atoms with E-state index in [1.54, 1.807) is 0 Å². The molecule has 0 radical (unpaired) electrons. The van der Waals surface area contributed by atoms with E-state index >= 15 is 0 Å². The van der Waals surface area contributed by atoms with E-state index in [1.165, 1.54) is 148 Å². The van der Waals surface area contributed by atoms with Gasteiger partial charge in [0.25, 0.3) is 0 Å². The molecule has 0 aromatic rings. The Hall–Kier alpha value is -2.63. The van der Waals surface area contributed by atoms with Crippen LogP contribution in [0.2, 0.25) is 0 Å². The van der Waals surface area contributed by atoms with Gasteiger partial charge in [0.15, 0.2) is 6.10 Å². The van der Waals surface area contributed by atoms with Crippen molar-refractivity contribution >= 4 is 17.9 Å². The van der Waals surface area contributed by atoms with Gasteiger partial charge in [0.05, 0.1) is 0 Å². The summed E-state index contributed by atoms with van der Waals surface area (Å²) in [5.74, 6) is -0.926. The zero-order valence-corrected chi connectivity index (χ0v) is 41.1. The number of carbonyl (C=O) groups is 3. The summed E-state index contributed by atoms with van der Waals surface area (Å²) in [4.78, 5) is 38.0. The largest absolute Gasteiger partial charge is 0.462 e. The van der Waals surface area contributed by atoms with Crippen molar-refractivity contribution in [2.75, 3.05) is 13.2 Å². The van der Waals surface area contributed by atoms with Crippen LogP contribution in [0.15, 0.2) is 48.6 Å². The highest BCUT2D eigenvalue weighted by atomic mass is 16.6. The Morgan fingerprint density at radius 3 is 1.03 bits per heavy atom. The minimum atomic E-state index is -0.788. The van der Waals surface area contributed by atoms with Crippen LogP contribution in [-0.4, -0.2) is 37.2 Å². The first kappa shape index (κ1) is 59.4. The van der Waals surface area contributed by atoms with Gasteiger partial charge in [-0.2, -0.15) is 0 Å². The summed E-state index contributed by atoms with van der Waals surface area (Å²) >= 11 is 0. The van der Waals surface area contributed by atoms with Gasteiger partial charge >= 0.3 is 17.9 Å². The van der Waals surface area contributed by atoms with E-state index in [4.69, 9.17) is 14.2 Å². The molecule has 0 amide bonds. The molecule has 0 aliphatic rings. The predicted octanol–water partition coefficient (Wildman–Crippen LogP) is 17.5. The monoisotopic (exact) mass is 869 g/mol. The van der Waals surface area contributed by atoms with Crippen molar-refractivity contribution in [3.05, 3.63) is 48.6 Å². The third-order valence-corrected chi connectivity index (χ3v) is 11.6. The Labute approximate surface area is 384 Å². The number of unbranched alkanes of at least 4 members (excludes halogenated alkanes) is 29. The van der Waals surface area contributed by atoms with Gasteiger partial charge < -0.3 is 14.2 Å². The van der Waals surface area contributed by atoms with Crippen molar-refractivity contribution in [1.82, 2.24) is 0 Å². The van der Waals surface area contributed by atoms with Crippen LogP contribution in [0.1, 0.15) is 271 Å². The smallest absolute Gasteiger partial charge is 0.306 e. The fourth-order valence-corrected chi connectivity index (χ4v) is 7.57. The molecule has 1 unspecified atom stereocenters. The summed E-state index contributed by atoms with van der Waals surface area (Å²) in [6, 6.07) is 0. The quantitative estimate of drug-likeness (QED) is 0.0262. The molecule has 6 nitrogen and oxygen atoms in total. The van der Waals surface area contributed by atoms with Crippen LogP contribution in [0, 0.1) is 0 Å². The van der Waals surface area contributed by atoms with Gasteiger partial charge in [-0.3, -0.25) is 14.4 Å². The number of rotatable bonds is 48. The van der Waals surface area contributed by atoms with Gasteiger partial charge in [-0.25, -0.2) is 0 Å². The second-order valence-corrected chi connectivity index (χ2v) is 17.8. The average molecular weight is 869 g/mol. The Morgan fingerprint density at radius 2 is 0.629 bits per heavy atom. The number of carbonyl (C=O) groups excluding carboxylic acids is 3. The lowest BCUT2D eigenvalue weighted by Gasteiger charge is -2.18. The maximum atomic E-state index is 12.8. The summed E-state index contributed by atoms with van der Waals surface area (Å²) < 4.78 is 16.8. The Morgan fingerprint density at radius 1 is 0.339 bits per heavy atom. The van der Waals surface area contributed by atoms with Gasteiger partial charge in [0.1, 0.15) is 13.2 Å². The van der Waals surface area contributed by atoms with Crippen molar-refractivity contribution in [2.45, 2.75) is 277 Å². The predicted molar refractivity (Wildman–Crippen MR) is 265 cm³/mol. The van der Waals surface area contributed by atoms with Crippen molar-refractivity contribution in [3.63, 3.8) is 0 Å². The lowest BCUT2D eigenvalue weighted by atomic mass is 10.0. The molecule has 0 heterocycles. The van der Waals surface area contributed by atoms with Crippen LogP contribution in [0.4, 0.5) is 0 Å². The molecular formula is C56H100O6. The molecule has 0 aliphatic heterocycles. The highest BCUT2D eigenvalue weighted by molar-refractivity contribution is 5.71. The molecule has 0 N–H and O–H groups in total. The Kier molecular flexibility index (Phi) is 48.8. The third kappa shape index (κ3) is 48.4. The molecule has 0 aliphatic carbocycles. The van der Waals surface area contributed by atoms with Gasteiger partial charge in [-0.05, 0) is 77.0 Å². The first-order valence-electron chi connectivity index (χ1n) is 26.6. The lowest BCUT2D eigenvalue weighted by molar-refractivity contribution is -0.167. The second kappa shape index (κ2) is 51.0. The minimum absolute atomic E-state index is 0.0872. The summed E-state index contributed by atoms with van der Waals surface area (Å²) in [6.45, 7) is 6.50. The maximum absolute atomic E-state index is 12.8. The molecule has 62 heavy (non-hydrogen) atoms. The zero-order valence-electron chi connectivity index (χ0n) is 41.1. The van der Waals surface area contributed by atoms with E-state index in [0.29, 0.717) is 19.3 Å². The second-order valence-electron chi connectivity index (χ2n) is 17.8. The van der Waals surface area contributed by atoms with Crippen LogP contribution in [-0.2, 0) is 28.6 Å². The fourth-order valence-electron chi connectivity index (χ4n) is 7.57. The van der Waals surface area contributed by atoms with E-state index in [9.17, 15) is 14.4 Å². The van der Waals surface area contributed by atoms with Crippen LogP contribution < -0.4 is 0 Å². The molecule has 0 saturated carbocycles. The van der Waals surface area contributed by atoms with Crippen molar-refractivity contribution in [1.29, 1.82) is 0 Å². The molecule has 360 valence electrons. The summed E-state index contributed by atoms with van der Waals surface area (Å²) in [5.41, 5.74) is 0. The fraction of sp³-hybridized carbons (Fsp3) is 0.804. The molecule has 6 heteroatoms. The summed E-state index contributed by atoms with van der Waals surface area (Å²) in [6.07, 6.45) is 61.0. The minimum Gasteiger partial charge on any atom is -0.462 e. The first-order valence-corrected chi connectivity index (χ1v) is 26.6. The maximum Gasteiger partial charge on any atom is 0.306 e. The lowest BCUT2D eigenvalue weighted by Crippen LogP contribution is -2.30. The SMILES string of the molecule is CC/C=C\C/C=C\C/C=C\CCCCC(=O)OCC(COC(=O)CCCCCCC/C=C\CCCCCCCCC)OC(=O)CCCCCCCCCCCCCCCCCC. The van der Waals surface area contributed by atoms with E-state index in [-0.39, 0.29) is 31.1 Å². The van der Waals surface area contributed by atoms with E-state index < -0.39 is 6.10 Å². The molecule has 1 atom stereocenters. The van der Waals surface area contributed by atoms with Gasteiger partial charge in [0.2, 0.25) is 0 Å². The molecule has 0 fully saturated rings. The number of hydrogen-bond acceptors (Lipinski definition) is 6. The number of allylic oxidation sites excluding steroid dienone is 8. The van der Waals surface area contributed by atoms with Crippen molar-refractivity contribution in [2.24, 2.45) is 0 Å². The molecule has 0 aromatic carbocycles. The van der Waals surface area contributed by atoms with Gasteiger partial charge in [-0.15, -0.1) is 0 Å². The van der Waals surface area contributed by atoms with Crippen molar-refractivity contribution in [3.8, 4) is 0 Å². The molecule has 0 saturated heterocycles. The molecule has 0 spiro atoms. The number of esters is 3. The van der Waals surface area contributed by atoms with E-state index in [2.05, 4.69) is 69.4 Å².